The van der Waals surface area contributed by atoms with E-state index >= 15 is 0 Å². The van der Waals surface area contributed by atoms with Crippen LogP contribution in [0.25, 0.3) is 0 Å². The molecule has 2 heteroatoms. The maximum atomic E-state index is 11.7. The summed E-state index contributed by atoms with van der Waals surface area (Å²) in [5, 5.41) is 0. The summed E-state index contributed by atoms with van der Waals surface area (Å²) in [4.78, 5) is 14.0. The van der Waals surface area contributed by atoms with Crippen LogP contribution in [-0.2, 0) is 4.79 Å². The van der Waals surface area contributed by atoms with Crippen molar-refractivity contribution in [3.8, 4) is 0 Å². The zero-order valence-corrected chi connectivity index (χ0v) is 9.59. The summed E-state index contributed by atoms with van der Waals surface area (Å²) in [6.45, 7) is 7.07. The van der Waals surface area contributed by atoms with Gasteiger partial charge in [0.1, 0.15) is 5.78 Å². The Balaban J connectivity index is 2.30. The molecule has 1 saturated heterocycles. The molecule has 1 unspecified atom stereocenters. The van der Waals surface area contributed by atoms with Crippen LogP contribution in [0.3, 0.4) is 0 Å². The number of Topliss-reactive ketones (excluding diaryl/α,β-unsaturated/α-hetero) is 1. The molecule has 0 aromatic carbocycles. The predicted octanol–water partition coefficient (Wildman–Crippen LogP) is 2.48. The van der Waals surface area contributed by atoms with Gasteiger partial charge in [0, 0.05) is 5.92 Å². The maximum absolute atomic E-state index is 11.7. The molecule has 0 aliphatic carbocycles. The third-order valence-corrected chi connectivity index (χ3v) is 3.24. The van der Waals surface area contributed by atoms with Crippen molar-refractivity contribution in [2.45, 2.75) is 46.0 Å². The molecule has 0 saturated carbocycles. The Labute approximate surface area is 87.7 Å². The first-order valence-corrected chi connectivity index (χ1v) is 5.99. The molecule has 0 aromatic heterocycles. The van der Waals surface area contributed by atoms with E-state index in [4.69, 9.17) is 0 Å². The number of carbonyl (C=O) groups excluding carboxylic acids is 1. The fourth-order valence-electron chi connectivity index (χ4n) is 1.90. The zero-order chi connectivity index (χ0) is 10.4. The van der Waals surface area contributed by atoms with Crippen LogP contribution in [0, 0.1) is 5.92 Å². The van der Waals surface area contributed by atoms with E-state index in [-0.39, 0.29) is 5.92 Å². The molecule has 1 rings (SSSR count). The zero-order valence-electron chi connectivity index (χ0n) is 9.59. The van der Waals surface area contributed by atoms with Gasteiger partial charge < -0.3 is 0 Å². The fourth-order valence-corrected chi connectivity index (χ4v) is 1.90. The number of ketones is 1. The van der Waals surface area contributed by atoms with E-state index in [2.05, 4.69) is 11.8 Å². The highest BCUT2D eigenvalue weighted by Crippen LogP contribution is 2.11. The summed E-state index contributed by atoms with van der Waals surface area (Å²) in [5.74, 6) is 0.674. The van der Waals surface area contributed by atoms with Gasteiger partial charge in [0.2, 0.25) is 0 Å². The molecule has 0 radical (unpaired) electrons. The van der Waals surface area contributed by atoms with Crippen LogP contribution in [0.1, 0.15) is 46.0 Å². The molecular weight excluding hydrogens is 174 g/mol. The average Bonchev–Trinajstić information content (AvgIpc) is 2.45. The predicted molar refractivity (Wildman–Crippen MR) is 59.4 cm³/mol. The second-order valence-corrected chi connectivity index (χ2v) is 4.47. The fraction of sp³-hybridized carbons (Fsp3) is 0.917. The summed E-state index contributed by atoms with van der Waals surface area (Å²) >= 11 is 0. The lowest BCUT2D eigenvalue weighted by atomic mass is 10.0. The van der Waals surface area contributed by atoms with E-state index in [1.54, 1.807) is 0 Å². The van der Waals surface area contributed by atoms with Crippen LogP contribution >= 0.6 is 0 Å². The van der Waals surface area contributed by atoms with Crippen molar-refractivity contribution in [2.75, 3.05) is 19.6 Å². The van der Waals surface area contributed by atoms with Crippen LogP contribution in [0.4, 0.5) is 0 Å². The van der Waals surface area contributed by atoms with E-state index in [0.29, 0.717) is 12.3 Å². The number of hydrogen-bond donors (Lipinski definition) is 0. The standard InChI is InChI=1S/C12H23NO/c1-3-11(2)12(14)10-13-8-6-4-5-7-9-13/h11H,3-10H2,1-2H3. The Morgan fingerprint density at radius 2 is 1.79 bits per heavy atom. The quantitative estimate of drug-likeness (QED) is 0.690. The van der Waals surface area contributed by atoms with Gasteiger partial charge in [0.25, 0.3) is 0 Å². The topological polar surface area (TPSA) is 20.3 Å². The summed E-state index contributed by atoms with van der Waals surface area (Å²) in [6, 6.07) is 0. The summed E-state index contributed by atoms with van der Waals surface area (Å²) in [6.07, 6.45) is 6.20. The average molecular weight is 197 g/mol. The van der Waals surface area contributed by atoms with Crippen molar-refractivity contribution in [1.29, 1.82) is 0 Å². The van der Waals surface area contributed by atoms with Gasteiger partial charge in [0.05, 0.1) is 6.54 Å². The van der Waals surface area contributed by atoms with Gasteiger partial charge in [-0.25, -0.2) is 0 Å². The van der Waals surface area contributed by atoms with Gasteiger partial charge in [-0.2, -0.15) is 0 Å². The molecule has 1 aliphatic rings. The molecule has 1 heterocycles. The van der Waals surface area contributed by atoms with Gasteiger partial charge >= 0.3 is 0 Å². The summed E-state index contributed by atoms with van der Waals surface area (Å²) in [5.41, 5.74) is 0. The van der Waals surface area contributed by atoms with E-state index in [9.17, 15) is 4.79 Å². The molecule has 1 aliphatic heterocycles. The molecule has 0 bridgehead atoms. The normalized spacial score (nSPS) is 21.6. The van der Waals surface area contributed by atoms with Gasteiger partial charge in [-0.15, -0.1) is 0 Å². The highest BCUT2D eigenvalue weighted by molar-refractivity contribution is 5.82. The Morgan fingerprint density at radius 3 is 2.29 bits per heavy atom. The Kier molecular flexibility index (Phi) is 5.16. The smallest absolute Gasteiger partial charge is 0.149 e. The van der Waals surface area contributed by atoms with Gasteiger partial charge in [-0.05, 0) is 32.4 Å². The summed E-state index contributed by atoms with van der Waals surface area (Å²) in [7, 11) is 0. The molecule has 1 atom stereocenters. The highest BCUT2D eigenvalue weighted by atomic mass is 16.1. The van der Waals surface area contributed by atoms with Crippen LogP contribution in [0.2, 0.25) is 0 Å². The number of rotatable bonds is 4. The molecule has 2 nitrogen and oxygen atoms in total. The second-order valence-electron chi connectivity index (χ2n) is 4.47. The van der Waals surface area contributed by atoms with Crippen LogP contribution < -0.4 is 0 Å². The van der Waals surface area contributed by atoms with Crippen molar-refractivity contribution in [3.63, 3.8) is 0 Å². The largest absolute Gasteiger partial charge is 0.298 e. The first kappa shape index (κ1) is 11.7. The lowest BCUT2D eigenvalue weighted by Gasteiger charge is -2.20. The number of hydrogen-bond acceptors (Lipinski definition) is 2. The highest BCUT2D eigenvalue weighted by Gasteiger charge is 2.16. The number of nitrogens with zero attached hydrogens (tertiary/aromatic N) is 1. The lowest BCUT2D eigenvalue weighted by molar-refractivity contribution is -0.123. The third kappa shape index (κ3) is 3.79. The van der Waals surface area contributed by atoms with Crippen molar-refractivity contribution in [1.82, 2.24) is 4.90 Å². The minimum absolute atomic E-state index is 0.248. The molecular formula is C12H23NO. The van der Waals surface area contributed by atoms with E-state index in [0.717, 1.165) is 19.5 Å². The minimum atomic E-state index is 0.248. The van der Waals surface area contributed by atoms with Crippen LogP contribution in [-0.4, -0.2) is 30.3 Å². The molecule has 0 N–H and O–H groups in total. The lowest BCUT2D eigenvalue weighted by Crippen LogP contribution is -2.33. The molecule has 1 fully saturated rings. The first-order chi connectivity index (χ1) is 6.74. The monoisotopic (exact) mass is 197 g/mol. The Morgan fingerprint density at radius 1 is 1.21 bits per heavy atom. The van der Waals surface area contributed by atoms with Crippen molar-refractivity contribution in [3.05, 3.63) is 0 Å². The number of carbonyl (C=O) groups is 1. The third-order valence-electron chi connectivity index (χ3n) is 3.24. The Bertz CT molecular complexity index is 171. The molecule has 14 heavy (non-hydrogen) atoms. The van der Waals surface area contributed by atoms with Crippen molar-refractivity contribution < 1.29 is 4.79 Å². The molecule has 0 spiro atoms. The van der Waals surface area contributed by atoms with E-state index < -0.39 is 0 Å². The molecule has 82 valence electrons. The van der Waals surface area contributed by atoms with Crippen molar-refractivity contribution in [2.24, 2.45) is 5.92 Å². The second kappa shape index (κ2) is 6.18. The first-order valence-electron chi connectivity index (χ1n) is 5.99. The van der Waals surface area contributed by atoms with Crippen LogP contribution in [0.15, 0.2) is 0 Å². The van der Waals surface area contributed by atoms with Crippen molar-refractivity contribution >= 4 is 5.78 Å². The summed E-state index contributed by atoms with van der Waals surface area (Å²) < 4.78 is 0. The number of likely N-dealkylation sites (tertiary alicyclic amines) is 1. The van der Waals surface area contributed by atoms with E-state index in [1.165, 1.54) is 25.7 Å². The molecule has 0 aromatic rings. The van der Waals surface area contributed by atoms with Crippen LogP contribution in [0.5, 0.6) is 0 Å². The van der Waals surface area contributed by atoms with Gasteiger partial charge in [-0.3, -0.25) is 9.69 Å². The Hall–Kier alpha value is -0.370. The SMILES string of the molecule is CCC(C)C(=O)CN1CCCCCC1. The minimum Gasteiger partial charge on any atom is -0.298 e. The molecule has 0 amide bonds. The maximum Gasteiger partial charge on any atom is 0.149 e. The van der Waals surface area contributed by atoms with E-state index in [1.807, 2.05) is 6.92 Å². The van der Waals surface area contributed by atoms with Gasteiger partial charge in [-0.1, -0.05) is 26.7 Å². The van der Waals surface area contributed by atoms with Gasteiger partial charge in [0.15, 0.2) is 0 Å².